The van der Waals surface area contributed by atoms with Gasteiger partial charge in [-0.2, -0.15) is 5.10 Å². The van der Waals surface area contributed by atoms with Crippen LogP contribution >= 0.6 is 23.2 Å². The summed E-state index contributed by atoms with van der Waals surface area (Å²) in [7, 11) is 1.53. The Morgan fingerprint density at radius 2 is 1.46 bits per heavy atom. The molecule has 0 spiro atoms. The van der Waals surface area contributed by atoms with Gasteiger partial charge in [-0.25, -0.2) is 5.43 Å². The van der Waals surface area contributed by atoms with Gasteiger partial charge >= 0.3 is 0 Å². The average molecular weight is 529 g/mol. The lowest BCUT2D eigenvalue weighted by atomic mass is 10.1. The van der Waals surface area contributed by atoms with Crippen LogP contribution in [0.1, 0.15) is 21.5 Å². The molecule has 0 heterocycles. The van der Waals surface area contributed by atoms with E-state index in [1.54, 1.807) is 18.2 Å². The first kappa shape index (κ1) is 24.6. The van der Waals surface area contributed by atoms with Gasteiger partial charge in [0, 0.05) is 0 Å². The highest BCUT2D eigenvalue weighted by Gasteiger charge is 2.14. The number of fused-ring (bicyclic) bond motifs is 2. The van der Waals surface area contributed by atoms with E-state index in [-0.39, 0.29) is 0 Å². The third kappa shape index (κ3) is 5.53. The number of benzene rings is 5. The molecule has 0 unspecified atom stereocenters. The molecule has 0 radical (unpaired) electrons. The Bertz CT molecular complexity index is 1630. The van der Waals surface area contributed by atoms with Crippen molar-refractivity contribution in [3.8, 4) is 11.5 Å². The van der Waals surface area contributed by atoms with Gasteiger partial charge in [0.25, 0.3) is 5.91 Å². The molecule has 0 fully saturated rings. The van der Waals surface area contributed by atoms with Crippen molar-refractivity contribution < 1.29 is 14.3 Å². The molecule has 5 rings (SSSR count). The van der Waals surface area contributed by atoms with Crippen LogP contribution in [0.15, 0.2) is 96.1 Å². The normalized spacial score (nSPS) is 11.2. The van der Waals surface area contributed by atoms with E-state index in [2.05, 4.69) is 34.8 Å². The Balaban J connectivity index is 1.27. The van der Waals surface area contributed by atoms with Crippen LogP contribution in [0.5, 0.6) is 11.5 Å². The van der Waals surface area contributed by atoms with Gasteiger partial charge in [0.15, 0.2) is 5.75 Å². The zero-order chi connectivity index (χ0) is 25.8. The summed E-state index contributed by atoms with van der Waals surface area (Å²) in [6.45, 7) is 0.321. The standard InChI is InChI=1S/C30H22Cl2N2O3/c1-36-28-16-24-9-5-4-8-23(24)15-25(28)30(35)34-33-17-20-13-26(31)29(27(32)14-20)37-18-19-10-11-21-6-2-3-7-22(21)12-19/h2-17H,18H2,1H3,(H,34,35)/b33-17-. The summed E-state index contributed by atoms with van der Waals surface area (Å²) < 4.78 is 11.3. The van der Waals surface area contributed by atoms with Gasteiger partial charge in [-0.05, 0) is 63.0 Å². The molecule has 7 heteroatoms. The van der Waals surface area contributed by atoms with Crippen LogP contribution in [0.4, 0.5) is 0 Å². The molecule has 0 bridgehead atoms. The van der Waals surface area contributed by atoms with Crippen molar-refractivity contribution in [3.63, 3.8) is 0 Å². The Morgan fingerprint density at radius 1 is 0.838 bits per heavy atom. The maximum atomic E-state index is 12.8. The summed E-state index contributed by atoms with van der Waals surface area (Å²) in [5.41, 5.74) is 4.53. The van der Waals surface area contributed by atoms with Crippen molar-refractivity contribution in [1.82, 2.24) is 5.43 Å². The Morgan fingerprint density at radius 3 is 2.14 bits per heavy atom. The van der Waals surface area contributed by atoms with Gasteiger partial charge < -0.3 is 9.47 Å². The zero-order valence-electron chi connectivity index (χ0n) is 19.9. The number of carbonyl (C=O) groups is 1. The highest BCUT2D eigenvalue weighted by molar-refractivity contribution is 6.37. The molecule has 5 aromatic rings. The number of hydrogen-bond donors (Lipinski definition) is 1. The number of rotatable bonds is 7. The maximum absolute atomic E-state index is 12.8. The van der Waals surface area contributed by atoms with Crippen molar-refractivity contribution in [2.75, 3.05) is 7.11 Å². The van der Waals surface area contributed by atoms with E-state index >= 15 is 0 Å². The third-order valence-electron chi connectivity index (χ3n) is 5.91. The lowest BCUT2D eigenvalue weighted by molar-refractivity contribution is 0.0952. The summed E-state index contributed by atoms with van der Waals surface area (Å²) in [6.07, 6.45) is 1.47. The molecule has 0 aliphatic rings. The number of ether oxygens (including phenoxy) is 2. The number of nitrogens with zero attached hydrogens (tertiary/aromatic N) is 1. The zero-order valence-corrected chi connectivity index (χ0v) is 21.4. The summed E-state index contributed by atoms with van der Waals surface area (Å²) in [5.74, 6) is 0.454. The number of hydrogen-bond acceptors (Lipinski definition) is 4. The molecular weight excluding hydrogens is 507 g/mol. The molecule has 184 valence electrons. The van der Waals surface area contributed by atoms with Crippen LogP contribution in [0.25, 0.3) is 21.5 Å². The van der Waals surface area contributed by atoms with Gasteiger partial charge in [-0.1, -0.05) is 83.9 Å². The summed E-state index contributed by atoms with van der Waals surface area (Å²) >= 11 is 12.9. The molecule has 1 N–H and O–H groups in total. The van der Waals surface area contributed by atoms with Crippen molar-refractivity contribution in [3.05, 3.63) is 118 Å². The molecule has 0 saturated carbocycles. The van der Waals surface area contributed by atoms with Crippen LogP contribution in [-0.2, 0) is 6.61 Å². The first-order chi connectivity index (χ1) is 18.0. The van der Waals surface area contributed by atoms with Gasteiger partial charge in [0.1, 0.15) is 12.4 Å². The van der Waals surface area contributed by atoms with Crippen LogP contribution in [0, 0.1) is 0 Å². The van der Waals surface area contributed by atoms with Gasteiger partial charge in [0.2, 0.25) is 0 Å². The minimum atomic E-state index is -0.397. The monoisotopic (exact) mass is 528 g/mol. The fourth-order valence-corrected chi connectivity index (χ4v) is 4.68. The number of amides is 1. The molecule has 0 aliphatic carbocycles. The van der Waals surface area contributed by atoms with Crippen molar-refractivity contribution in [2.45, 2.75) is 6.61 Å². The summed E-state index contributed by atoms with van der Waals surface area (Å²) in [5, 5.41) is 8.96. The Labute approximate surface area is 224 Å². The van der Waals surface area contributed by atoms with Crippen LogP contribution in [0.2, 0.25) is 10.0 Å². The fourth-order valence-electron chi connectivity index (χ4n) is 4.07. The molecule has 5 aromatic carbocycles. The van der Waals surface area contributed by atoms with Crippen LogP contribution in [-0.4, -0.2) is 19.2 Å². The third-order valence-corrected chi connectivity index (χ3v) is 6.47. The summed E-state index contributed by atoms with van der Waals surface area (Å²) in [6, 6.07) is 29.0. The van der Waals surface area contributed by atoms with Gasteiger partial charge in [-0.3, -0.25) is 4.79 Å². The Hall–Kier alpha value is -4.06. The van der Waals surface area contributed by atoms with E-state index in [1.807, 2.05) is 48.5 Å². The number of methoxy groups -OCH3 is 1. The molecular formula is C30H22Cl2N2O3. The fraction of sp³-hybridized carbons (Fsp3) is 0.0667. The van der Waals surface area contributed by atoms with E-state index in [9.17, 15) is 4.79 Å². The lowest BCUT2D eigenvalue weighted by Crippen LogP contribution is -2.18. The predicted octanol–water partition coefficient (Wildman–Crippen LogP) is 7.65. The van der Waals surface area contributed by atoms with E-state index in [1.165, 1.54) is 13.3 Å². The maximum Gasteiger partial charge on any atom is 0.275 e. The molecule has 0 atom stereocenters. The number of carbonyl (C=O) groups excluding carboxylic acids is 1. The van der Waals surface area contributed by atoms with Crippen molar-refractivity contribution in [2.24, 2.45) is 5.10 Å². The smallest absolute Gasteiger partial charge is 0.275 e. The predicted molar refractivity (Wildman–Crippen MR) is 150 cm³/mol. The number of nitrogens with one attached hydrogen (secondary N) is 1. The van der Waals surface area contributed by atoms with Crippen LogP contribution < -0.4 is 14.9 Å². The second kappa shape index (κ2) is 10.9. The SMILES string of the molecule is COc1cc2ccccc2cc1C(=O)N/N=C\c1cc(Cl)c(OCc2ccc3ccccc3c2)c(Cl)c1. The highest BCUT2D eigenvalue weighted by Crippen LogP contribution is 2.34. The molecule has 37 heavy (non-hydrogen) atoms. The minimum absolute atomic E-state index is 0.321. The molecule has 1 amide bonds. The van der Waals surface area contributed by atoms with Crippen molar-refractivity contribution in [1.29, 1.82) is 0 Å². The van der Waals surface area contributed by atoms with E-state index < -0.39 is 5.91 Å². The number of halogens is 2. The van der Waals surface area contributed by atoms with E-state index in [4.69, 9.17) is 32.7 Å². The molecule has 5 nitrogen and oxygen atoms in total. The van der Waals surface area contributed by atoms with Gasteiger partial charge in [-0.15, -0.1) is 0 Å². The van der Waals surface area contributed by atoms with E-state index in [0.29, 0.717) is 39.3 Å². The average Bonchev–Trinajstić information content (AvgIpc) is 2.91. The van der Waals surface area contributed by atoms with E-state index in [0.717, 1.165) is 27.1 Å². The number of hydrazone groups is 1. The first-order valence-electron chi connectivity index (χ1n) is 11.5. The summed E-state index contributed by atoms with van der Waals surface area (Å²) in [4.78, 5) is 12.8. The van der Waals surface area contributed by atoms with Crippen molar-refractivity contribution >= 4 is 56.9 Å². The largest absolute Gasteiger partial charge is 0.496 e. The second-order valence-electron chi connectivity index (χ2n) is 8.38. The Kier molecular flexibility index (Phi) is 7.26. The topological polar surface area (TPSA) is 59.9 Å². The molecule has 0 saturated heterocycles. The van der Waals surface area contributed by atoms with Gasteiger partial charge in [0.05, 0.1) is 28.9 Å². The highest BCUT2D eigenvalue weighted by atomic mass is 35.5. The minimum Gasteiger partial charge on any atom is -0.496 e. The van der Waals surface area contributed by atoms with Crippen LogP contribution in [0.3, 0.4) is 0 Å². The lowest BCUT2D eigenvalue weighted by Gasteiger charge is -2.11. The first-order valence-corrected chi connectivity index (χ1v) is 12.3. The molecule has 0 aliphatic heterocycles. The molecule has 0 aromatic heterocycles. The second-order valence-corrected chi connectivity index (χ2v) is 9.20. The quantitative estimate of drug-likeness (QED) is 0.174.